The highest BCUT2D eigenvalue weighted by Gasteiger charge is 2.21. The van der Waals surface area contributed by atoms with Crippen LogP contribution in [-0.2, 0) is 16.1 Å². The third-order valence-corrected chi connectivity index (χ3v) is 4.88. The van der Waals surface area contributed by atoms with E-state index in [9.17, 15) is 4.79 Å². The van der Waals surface area contributed by atoms with Crippen LogP contribution >= 0.6 is 24.8 Å². The van der Waals surface area contributed by atoms with Gasteiger partial charge in [0.05, 0.1) is 12.7 Å². The number of carbonyl (C=O) groups is 1. The van der Waals surface area contributed by atoms with Gasteiger partial charge in [-0.3, -0.25) is 9.69 Å². The number of nitrogens with one attached hydrogen (secondary N) is 2. The highest BCUT2D eigenvalue weighted by Crippen LogP contribution is 2.12. The van der Waals surface area contributed by atoms with Gasteiger partial charge in [0.2, 0.25) is 5.91 Å². The van der Waals surface area contributed by atoms with Crippen LogP contribution < -0.4 is 10.6 Å². The molecule has 0 aliphatic carbocycles. The number of benzene rings is 1. The monoisotopic (exact) mass is 403 g/mol. The Kier molecular flexibility index (Phi) is 11.2. The lowest BCUT2D eigenvalue weighted by molar-refractivity contribution is -0.122. The molecular weight excluding hydrogens is 373 g/mol. The van der Waals surface area contributed by atoms with E-state index in [1.165, 1.54) is 18.4 Å². The van der Waals surface area contributed by atoms with E-state index in [0.717, 1.165) is 39.2 Å². The maximum absolute atomic E-state index is 12.0. The second-order valence-corrected chi connectivity index (χ2v) is 6.85. The van der Waals surface area contributed by atoms with E-state index in [1.54, 1.807) is 0 Å². The average Bonchev–Trinajstić information content (AvgIpc) is 3.13. The lowest BCUT2D eigenvalue weighted by atomic mass is 10.1. The Bertz CT molecular complexity index is 513. The molecule has 2 heterocycles. The summed E-state index contributed by atoms with van der Waals surface area (Å²) in [7, 11) is 0. The number of carbonyl (C=O) groups excluding carboxylic acids is 1. The third-order valence-electron chi connectivity index (χ3n) is 4.88. The van der Waals surface area contributed by atoms with E-state index in [-0.39, 0.29) is 36.8 Å². The molecule has 148 valence electrons. The second-order valence-electron chi connectivity index (χ2n) is 6.85. The van der Waals surface area contributed by atoms with Crippen LogP contribution in [0.25, 0.3) is 0 Å². The molecule has 2 aliphatic rings. The molecule has 26 heavy (non-hydrogen) atoms. The Morgan fingerprint density at radius 3 is 2.81 bits per heavy atom. The van der Waals surface area contributed by atoms with Gasteiger partial charge >= 0.3 is 0 Å². The van der Waals surface area contributed by atoms with Gasteiger partial charge in [-0.05, 0) is 31.4 Å². The van der Waals surface area contributed by atoms with Crippen molar-refractivity contribution in [3.63, 3.8) is 0 Å². The van der Waals surface area contributed by atoms with Crippen molar-refractivity contribution in [2.45, 2.75) is 44.4 Å². The summed E-state index contributed by atoms with van der Waals surface area (Å²) in [6.07, 6.45) is 4.08. The maximum Gasteiger partial charge on any atom is 0.220 e. The van der Waals surface area contributed by atoms with Crippen molar-refractivity contribution in [1.82, 2.24) is 15.5 Å². The Morgan fingerprint density at radius 2 is 2.08 bits per heavy atom. The topological polar surface area (TPSA) is 53.6 Å². The van der Waals surface area contributed by atoms with Crippen molar-refractivity contribution >= 4 is 30.7 Å². The normalized spacial score (nSPS) is 22.9. The van der Waals surface area contributed by atoms with Gasteiger partial charge in [-0.1, -0.05) is 30.3 Å². The number of amides is 1. The smallest absolute Gasteiger partial charge is 0.220 e. The van der Waals surface area contributed by atoms with Crippen molar-refractivity contribution < 1.29 is 9.53 Å². The molecule has 1 aromatic carbocycles. The van der Waals surface area contributed by atoms with E-state index >= 15 is 0 Å². The van der Waals surface area contributed by atoms with Crippen LogP contribution in [0, 0.1) is 0 Å². The summed E-state index contributed by atoms with van der Waals surface area (Å²) in [5.74, 6) is 0.146. The molecule has 2 aliphatic heterocycles. The van der Waals surface area contributed by atoms with Crippen LogP contribution in [0.2, 0.25) is 0 Å². The molecular formula is C19H31Cl2N3O2. The average molecular weight is 404 g/mol. The predicted octanol–water partition coefficient (Wildman–Crippen LogP) is 2.38. The van der Waals surface area contributed by atoms with Crippen LogP contribution in [0.3, 0.4) is 0 Å². The highest BCUT2D eigenvalue weighted by atomic mass is 35.5. The van der Waals surface area contributed by atoms with Gasteiger partial charge in [-0.2, -0.15) is 0 Å². The fourth-order valence-corrected chi connectivity index (χ4v) is 3.51. The van der Waals surface area contributed by atoms with E-state index in [2.05, 4.69) is 39.8 Å². The number of morpholine rings is 1. The SMILES string of the molecule is Cl.Cl.O=C(CCC1CCCN1)NCC1CN(Cc2ccccc2)CCO1. The molecule has 0 spiro atoms. The number of hydrogen-bond acceptors (Lipinski definition) is 4. The standard InChI is InChI=1S/C19H29N3O2.2ClH/c23-19(9-8-17-7-4-10-20-17)21-13-18-15-22(11-12-24-18)14-16-5-2-1-3-6-16;;/h1-3,5-6,17-18,20H,4,7-15H2,(H,21,23);2*1H. The zero-order chi connectivity index (χ0) is 16.6. The number of halogens is 2. The van der Waals surface area contributed by atoms with Crippen molar-refractivity contribution in [2.75, 3.05) is 32.8 Å². The van der Waals surface area contributed by atoms with E-state index in [4.69, 9.17) is 4.74 Å². The molecule has 5 nitrogen and oxygen atoms in total. The van der Waals surface area contributed by atoms with Crippen LogP contribution in [0.15, 0.2) is 30.3 Å². The summed E-state index contributed by atoms with van der Waals surface area (Å²) in [4.78, 5) is 14.4. The van der Waals surface area contributed by atoms with E-state index in [1.807, 2.05) is 6.07 Å². The van der Waals surface area contributed by atoms with Crippen LogP contribution in [0.1, 0.15) is 31.2 Å². The molecule has 2 N–H and O–H groups in total. The largest absolute Gasteiger partial charge is 0.374 e. The molecule has 2 fully saturated rings. The van der Waals surface area contributed by atoms with Crippen LogP contribution in [-0.4, -0.2) is 55.7 Å². The second kappa shape index (κ2) is 12.5. The zero-order valence-electron chi connectivity index (χ0n) is 15.2. The first-order chi connectivity index (χ1) is 11.8. The van der Waals surface area contributed by atoms with E-state index in [0.29, 0.717) is 19.0 Å². The zero-order valence-corrected chi connectivity index (χ0v) is 16.8. The van der Waals surface area contributed by atoms with Crippen molar-refractivity contribution in [1.29, 1.82) is 0 Å². The fourth-order valence-electron chi connectivity index (χ4n) is 3.51. The lowest BCUT2D eigenvalue weighted by Gasteiger charge is -2.33. The summed E-state index contributed by atoms with van der Waals surface area (Å²) < 4.78 is 5.81. The number of hydrogen-bond donors (Lipinski definition) is 2. The van der Waals surface area contributed by atoms with Crippen molar-refractivity contribution in [2.24, 2.45) is 0 Å². The molecule has 0 radical (unpaired) electrons. The Morgan fingerprint density at radius 1 is 1.27 bits per heavy atom. The quantitative estimate of drug-likeness (QED) is 0.733. The first-order valence-corrected chi connectivity index (χ1v) is 9.17. The predicted molar refractivity (Wildman–Crippen MR) is 109 cm³/mol. The summed E-state index contributed by atoms with van der Waals surface area (Å²) in [5, 5.41) is 6.48. The summed E-state index contributed by atoms with van der Waals surface area (Å²) >= 11 is 0. The Balaban J connectivity index is 0.00000169. The Hall–Kier alpha value is -0.850. The summed E-state index contributed by atoms with van der Waals surface area (Å²) in [6.45, 7) is 5.22. The van der Waals surface area contributed by atoms with Crippen LogP contribution in [0.5, 0.6) is 0 Å². The Labute approximate surface area is 169 Å². The number of rotatable bonds is 7. The molecule has 1 aromatic rings. The molecule has 0 aromatic heterocycles. The minimum atomic E-state index is 0. The first kappa shape index (κ1) is 23.2. The highest BCUT2D eigenvalue weighted by molar-refractivity contribution is 5.85. The van der Waals surface area contributed by atoms with Crippen LogP contribution in [0.4, 0.5) is 0 Å². The van der Waals surface area contributed by atoms with Gasteiger partial charge in [0, 0.05) is 38.6 Å². The molecule has 0 saturated carbocycles. The summed E-state index contributed by atoms with van der Waals surface area (Å²) in [6, 6.07) is 11.0. The van der Waals surface area contributed by atoms with Gasteiger partial charge < -0.3 is 15.4 Å². The molecule has 1 amide bonds. The van der Waals surface area contributed by atoms with Gasteiger partial charge in [-0.25, -0.2) is 0 Å². The van der Waals surface area contributed by atoms with E-state index < -0.39 is 0 Å². The molecule has 2 saturated heterocycles. The lowest BCUT2D eigenvalue weighted by Crippen LogP contribution is -2.47. The number of nitrogens with zero attached hydrogens (tertiary/aromatic N) is 1. The molecule has 7 heteroatoms. The summed E-state index contributed by atoms with van der Waals surface area (Å²) in [5.41, 5.74) is 1.33. The maximum atomic E-state index is 12.0. The minimum absolute atomic E-state index is 0. The molecule has 2 atom stereocenters. The van der Waals surface area contributed by atoms with Gasteiger partial charge in [0.1, 0.15) is 0 Å². The van der Waals surface area contributed by atoms with Crippen molar-refractivity contribution in [3.8, 4) is 0 Å². The van der Waals surface area contributed by atoms with Gasteiger partial charge in [0.15, 0.2) is 0 Å². The minimum Gasteiger partial charge on any atom is -0.374 e. The van der Waals surface area contributed by atoms with Gasteiger partial charge in [-0.15, -0.1) is 24.8 Å². The third kappa shape index (κ3) is 7.80. The van der Waals surface area contributed by atoms with Crippen molar-refractivity contribution in [3.05, 3.63) is 35.9 Å². The van der Waals surface area contributed by atoms with Gasteiger partial charge in [0.25, 0.3) is 0 Å². The first-order valence-electron chi connectivity index (χ1n) is 9.17. The fraction of sp³-hybridized carbons (Fsp3) is 0.632. The molecule has 2 unspecified atom stereocenters. The molecule has 3 rings (SSSR count). The number of ether oxygens (including phenoxy) is 1. The molecule has 0 bridgehead atoms.